The zero-order chi connectivity index (χ0) is 13.6. The van der Waals surface area contributed by atoms with Crippen molar-refractivity contribution in [1.82, 2.24) is 5.32 Å². The normalized spacial score (nSPS) is 24.9. The van der Waals surface area contributed by atoms with Gasteiger partial charge in [-0.05, 0) is 24.7 Å². The van der Waals surface area contributed by atoms with Gasteiger partial charge in [-0.3, -0.25) is 4.79 Å². The number of aliphatic hydroxyl groups excluding tert-OH is 1. The predicted molar refractivity (Wildman–Crippen MR) is 60.8 cm³/mol. The Kier molecular flexibility index (Phi) is 5.91. The van der Waals surface area contributed by atoms with E-state index >= 15 is 0 Å². The van der Waals surface area contributed by atoms with E-state index in [0.29, 0.717) is 18.3 Å². The number of carbonyl (C=O) groups excluding carboxylic acids is 1. The number of aliphatic hydroxyl groups is 1. The summed E-state index contributed by atoms with van der Waals surface area (Å²) in [5, 5.41) is 10.7. The summed E-state index contributed by atoms with van der Waals surface area (Å²) in [6, 6.07) is 0. The summed E-state index contributed by atoms with van der Waals surface area (Å²) < 4.78 is 35.7. The molecule has 6 heteroatoms. The summed E-state index contributed by atoms with van der Waals surface area (Å²) >= 11 is 0. The fourth-order valence-electron chi connectivity index (χ4n) is 2.48. The highest BCUT2D eigenvalue weighted by molar-refractivity contribution is 5.81. The Bertz CT molecular complexity index is 261. The van der Waals surface area contributed by atoms with Crippen molar-refractivity contribution >= 4 is 5.91 Å². The molecular weight excluding hydrogens is 247 g/mol. The maximum Gasteiger partial charge on any atom is 0.471 e. The number of halogens is 3. The molecule has 106 valence electrons. The summed E-state index contributed by atoms with van der Waals surface area (Å²) in [4.78, 5) is 10.6. The molecule has 0 aromatic heterocycles. The SMILES string of the molecule is O=C(NCCC1CCC(CCO)CC1)C(F)(F)F. The van der Waals surface area contributed by atoms with E-state index in [1.807, 2.05) is 5.32 Å². The molecule has 0 aliphatic heterocycles. The van der Waals surface area contributed by atoms with Crippen LogP contribution in [0.4, 0.5) is 13.2 Å². The van der Waals surface area contributed by atoms with Gasteiger partial charge < -0.3 is 10.4 Å². The number of alkyl halides is 3. The molecule has 18 heavy (non-hydrogen) atoms. The number of carbonyl (C=O) groups is 1. The molecule has 1 fully saturated rings. The summed E-state index contributed by atoms with van der Waals surface area (Å²) in [5.41, 5.74) is 0. The van der Waals surface area contributed by atoms with Crippen molar-refractivity contribution in [2.75, 3.05) is 13.2 Å². The quantitative estimate of drug-likeness (QED) is 0.802. The minimum absolute atomic E-state index is 0.0909. The lowest BCUT2D eigenvalue weighted by Gasteiger charge is -2.28. The number of hydrogen-bond donors (Lipinski definition) is 2. The van der Waals surface area contributed by atoms with Gasteiger partial charge in [0.15, 0.2) is 0 Å². The van der Waals surface area contributed by atoms with Crippen LogP contribution in [0.25, 0.3) is 0 Å². The van der Waals surface area contributed by atoms with Crippen molar-refractivity contribution in [2.45, 2.75) is 44.7 Å². The molecule has 0 bridgehead atoms. The Morgan fingerprint density at radius 1 is 1.11 bits per heavy atom. The molecular formula is C12H20F3NO2. The molecule has 1 amide bonds. The lowest BCUT2D eigenvalue weighted by molar-refractivity contribution is -0.173. The Hall–Kier alpha value is -0.780. The maximum atomic E-state index is 11.9. The first kappa shape index (κ1) is 15.3. The predicted octanol–water partition coefficient (Wildman–Crippen LogP) is 2.24. The van der Waals surface area contributed by atoms with Gasteiger partial charge in [0.05, 0.1) is 0 Å². The second kappa shape index (κ2) is 6.97. The third-order valence-corrected chi connectivity index (χ3v) is 3.60. The molecule has 0 heterocycles. The fourth-order valence-corrected chi connectivity index (χ4v) is 2.48. The number of hydrogen-bond acceptors (Lipinski definition) is 2. The van der Waals surface area contributed by atoms with Crippen LogP contribution >= 0.6 is 0 Å². The molecule has 0 aromatic carbocycles. The second-order valence-corrected chi connectivity index (χ2v) is 4.94. The molecule has 0 aromatic rings. The molecule has 0 saturated heterocycles. The molecule has 0 unspecified atom stereocenters. The van der Waals surface area contributed by atoms with E-state index in [-0.39, 0.29) is 13.2 Å². The van der Waals surface area contributed by atoms with Crippen molar-refractivity contribution in [3.05, 3.63) is 0 Å². The third-order valence-electron chi connectivity index (χ3n) is 3.60. The van der Waals surface area contributed by atoms with Gasteiger partial charge in [-0.2, -0.15) is 13.2 Å². The largest absolute Gasteiger partial charge is 0.471 e. The first-order valence-electron chi connectivity index (χ1n) is 6.39. The van der Waals surface area contributed by atoms with Crippen molar-refractivity contribution < 1.29 is 23.1 Å². The van der Waals surface area contributed by atoms with E-state index in [1.54, 1.807) is 0 Å². The van der Waals surface area contributed by atoms with E-state index < -0.39 is 12.1 Å². The molecule has 0 spiro atoms. The van der Waals surface area contributed by atoms with Gasteiger partial charge in [0, 0.05) is 13.2 Å². The molecule has 1 aliphatic carbocycles. The Morgan fingerprint density at radius 2 is 1.61 bits per heavy atom. The fraction of sp³-hybridized carbons (Fsp3) is 0.917. The summed E-state index contributed by atoms with van der Waals surface area (Å²) in [6.07, 6.45) is 0.653. The van der Waals surface area contributed by atoms with Crippen LogP contribution < -0.4 is 5.32 Å². The third kappa shape index (κ3) is 5.25. The average molecular weight is 267 g/mol. The van der Waals surface area contributed by atoms with Gasteiger partial charge in [-0.25, -0.2) is 0 Å². The minimum atomic E-state index is -4.78. The van der Waals surface area contributed by atoms with E-state index in [9.17, 15) is 18.0 Å². The molecule has 2 N–H and O–H groups in total. The summed E-state index contributed by atoms with van der Waals surface area (Å²) in [5.74, 6) is -0.902. The number of nitrogens with one attached hydrogen (secondary N) is 1. The van der Waals surface area contributed by atoms with Crippen LogP contribution in [0.2, 0.25) is 0 Å². The highest BCUT2D eigenvalue weighted by Gasteiger charge is 2.38. The summed E-state index contributed by atoms with van der Waals surface area (Å²) in [6.45, 7) is 0.296. The summed E-state index contributed by atoms with van der Waals surface area (Å²) in [7, 11) is 0. The first-order chi connectivity index (χ1) is 8.43. The molecule has 1 rings (SSSR count). The monoisotopic (exact) mass is 267 g/mol. The number of amides is 1. The highest BCUT2D eigenvalue weighted by atomic mass is 19.4. The first-order valence-corrected chi connectivity index (χ1v) is 6.39. The topological polar surface area (TPSA) is 49.3 Å². The second-order valence-electron chi connectivity index (χ2n) is 4.94. The lowest BCUT2D eigenvalue weighted by Crippen LogP contribution is -2.37. The number of rotatable bonds is 5. The Balaban J connectivity index is 2.13. The van der Waals surface area contributed by atoms with E-state index in [1.165, 1.54) is 0 Å². The zero-order valence-corrected chi connectivity index (χ0v) is 10.3. The molecule has 3 nitrogen and oxygen atoms in total. The van der Waals surface area contributed by atoms with Crippen molar-refractivity contribution in [3.8, 4) is 0 Å². The van der Waals surface area contributed by atoms with Gasteiger partial charge in [0.1, 0.15) is 0 Å². The standard InChI is InChI=1S/C12H20F3NO2/c13-12(14,15)11(18)16-7-5-9-1-3-10(4-2-9)6-8-17/h9-10,17H,1-8H2,(H,16,18). The van der Waals surface area contributed by atoms with Crippen LogP contribution in [0.15, 0.2) is 0 Å². The highest BCUT2D eigenvalue weighted by Crippen LogP contribution is 2.32. The molecule has 0 radical (unpaired) electrons. The van der Waals surface area contributed by atoms with E-state index in [0.717, 1.165) is 32.1 Å². The minimum Gasteiger partial charge on any atom is -0.396 e. The van der Waals surface area contributed by atoms with E-state index in [2.05, 4.69) is 0 Å². The van der Waals surface area contributed by atoms with Crippen LogP contribution in [-0.4, -0.2) is 30.3 Å². The van der Waals surface area contributed by atoms with Gasteiger partial charge in [-0.15, -0.1) is 0 Å². The molecule has 1 saturated carbocycles. The Morgan fingerprint density at radius 3 is 2.06 bits per heavy atom. The van der Waals surface area contributed by atoms with Crippen LogP contribution in [0.1, 0.15) is 38.5 Å². The van der Waals surface area contributed by atoms with Crippen LogP contribution in [0.5, 0.6) is 0 Å². The lowest BCUT2D eigenvalue weighted by atomic mass is 9.79. The van der Waals surface area contributed by atoms with Crippen molar-refractivity contribution in [1.29, 1.82) is 0 Å². The van der Waals surface area contributed by atoms with Crippen LogP contribution in [0.3, 0.4) is 0 Å². The Labute approximate surface area is 105 Å². The molecule has 0 atom stereocenters. The van der Waals surface area contributed by atoms with Crippen molar-refractivity contribution in [2.24, 2.45) is 11.8 Å². The molecule has 1 aliphatic rings. The van der Waals surface area contributed by atoms with Gasteiger partial charge in [0.25, 0.3) is 0 Å². The van der Waals surface area contributed by atoms with Crippen LogP contribution in [0, 0.1) is 11.8 Å². The van der Waals surface area contributed by atoms with Gasteiger partial charge in [0.2, 0.25) is 0 Å². The van der Waals surface area contributed by atoms with Crippen LogP contribution in [-0.2, 0) is 4.79 Å². The van der Waals surface area contributed by atoms with Gasteiger partial charge >= 0.3 is 12.1 Å². The smallest absolute Gasteiger partial charge is 0.396 e. The average Bonchev–Trinajstić information content (AvgIpc) is 2.30. The van der Waals surface area contributed by atoms with E-state index in [4.69, 9.17) is 5.11 Å². The maximum absolute atomic E-state index is 11.9. The van der Waals surface area contributed by atoms with Crippen molar-refractivity contribution in [3.63, 3.8) is 0 Å². The van der Waals surface area contributed by atoms with Gasteiger partial charge in [-0.1, -0.05) is 25.7 Å². The zero-order valence-electron chi connectivity index (χ0n) is 10.3.